The van der Waals surface area contributed by atoms with Crippen LogP contribution < -0.4 is 4.74 Å². The van der Waals surface area contributed by atoms with Gasteiger partial charge in [0.05, 0.1) is 47.0 Å². The molecule has 0 spiro atoms. The highest BCUT2D eigenvalue weighted by Crippen LogP contribution is 2.33. The second-order valence-electron chi connectivity index (χ2n) is 9.09. The van der Waals surface area contributed by atoms with E-state index in [4.69, 9.17) is 4.74 Å². The van der Waals surface area contributed by atoms with Crippen LogP contribution in [0.4, 0.5) is 0 Å². The fraction of sp³-hybridized carbons (Fsp3) is 0.185. The predicted molar refractivity (Wildman–Crippen MR) is 140 cm³/mol. The number of hydrogen-bond donors (Lipinski definition) is 2. The molecule has 1 aromatic carbocycles. The monoisotopic (exact) mass is 478 g/mol. The minimum absolute atomic E-state index is 0.595. The van der Waals surface area contributed by atoms with Crippen LogP contribution in [0.1, 0.15) is 5.69 Å². The first-order valence-electron chi connectivity index (χ1n) is 11.8. The maximum absolute atomic E-state index is 5.87. The first-order valence-corrected chi connectivity index (χ1v) is 11.8. The number of aromatic amines is 2. The number of fused-ring (bicyclic) bond motifs is 2. The maximum atomic E-state index is 5.87. The Morgan fingerprint density at radius 1 is 1.00 bits per heavy atom. The standard InChI is InChI=1S/C27H26N8O/c1-17-15-35(16-30-17)26-6-4-5-22-20(26)10-24(31-22)27-21-11-23(29-14-25(21)32-33-27)18-9-19(13-28-12-18)36-8-7-34(2)3/h4-6,9-16,31H,7-8H2,1-3H3,(H,32,33). The lowest BCUT2D eigenvalue weighted by atomic mass is 10.1. The van der Waals surface area contributed by atoms with Crippen molar-refractivity contribution in [3.05, 3.63) is 73.2 Å². The topological polar surface area (TPSA) is 101 Å². The Morgan fingerprint density at radius 2 is 1.92 bits per heavy atom. The lowest BCUT2D eigenvalue weighted by Crippen LogP contribution is -2.19. The molecule has 0 unspecified atom stereocenters. The van der Waals surface area contributed by atoms with Gasteiger partial charge in [0, 0.05) is 40.8 Å². The van der Waals surface area contributed by atoms with Crippen LogP contribution in [-0.4, -0.2) is 66.8 Å². The van der Waals surface area contributed by atoms with Crippen molar-refractivity contribution in [2.24, 2.45) is 0 Å². The zero-order valence-electron chi connectivity index (χ0n) is 20.4. The summed E-state index contributed by atoms with van der Waals surface area (Å²) in [7, 11) is 4.04. The molecule has 36 heavy (non-hydrogen) atoms. The van der Waals surface area contributed by atoms with E-state index >= 15 is 0 Å². The second-order valence-corrected chi connectivity index (χ2v) is 9.09. The summed E-state index contributed by atoms with van der Waals surface area (Å²) in [6.45, 7) is 3.42. The number of H-pyrrole nitrogens is 2. The number of imidazole rings is 1. The smallest absolute Gasteiger partial charge is 0.138 e. The molecule has 0 bridgehead atoms. The van der Waals surface area contributed by atoms with Crippen LogP contribution in [0.2, 0.25) is 0 Å². The molecule has 0 aliphatic rings. The molecule has 5 heterocycles. The van der Waals surface area contributed by atoms with Crippen molar-refractivity contribution in [2.45, 2.75) is 6.92 Å². The van der Waals surface area contributed by atoms with E-state index in [9.17, 15) is 0 Å². The van der Waals surface area contributed by atoms with Crippen molar-refractivity contribution in [3.63, 3.8) is 0 Å². The van der Waals surface area contributed by atoms with Crippen LogP contribution >= 0.6 is 0 Å². The molecule has 6 rings (SSSR count). The first-order chi connectivity index (χ1) is 17.5. The Kier molecular flexibility index (Phi) is 5.46. The summed E-state index contributed by atoms with van der Waals surface area (Å²) in [6, 6.07) is 12.3. The van der Waals surface area contributed by atoms with Gasteiger partial charge < -0.3 is 19.2 Å². The average molecular weight is 479 g/mol. The van der Waals surface area contributed by atoms with Crippen LogP contribution in [0, 0.1) is 6.92 Å². The number of aromatic nitrogens is 7. The fourth-order valence-corrected chi connectivity index (χ4v) is 4.31. The molecule has 0 amide bonds. The lowest BCUT2D eigenvalue weighted by Gasteiger charge is -2.11. The molecule has 9 heteroatoms. The van der Waals surface area contributed by atoms with E-state index in [2.05, 4.69) is 53.2 Å². The number of benzene rings is 1. The molecule has 0 saturated carbocycles. The molecule has 0 saturated heterocycles. The van der Waals surface area contributed by atoms with Gasteiger partial charge in [0.15, 0.2) is 0 Å². The Morgan fingerprint density at radius 3 is 2.75 bits per heavy atom. The normalized spacial score (nSPS) is 11.7. The summed E-state index contributed by atoms with van der Waals surface area (Å²) in [6.07, 6.45) is 9.20. The Balaban J connectivity index is 1.37. The Bertz CT molecular complexity index is 1680. The number of ether oxygens (including phenoxy) is 1. The quantitative estimate of drug-likeness (QED) is 0.348. The van der Waals surface area contributed by atoms with Crippen molar-refractivity contribution in [2.75, 3.05) is 27.2 Å². The van der Waals surface area contributed by atoms with Crippen molar-refractivity contribution < 1.29 is 4.74 Å². The van der Waals surface area contributed by atoms with Gasteiger partial charge in [-0.15, -0.1) is 0 Å². The van der Waals surface area contributed by atoms with Gasteiger partial charge in [0.2, 0.25) is 0 Å². The summed E-state index contributed by atoms with van der Waals surface area (Å²) < 4.78 is 7.91. The SMILES string of the molecule is Cc1cn(-c2cccc3[nH]c(-c4n[nH]c5cnc(-c6cncc(OCCN(C)C)c6)cc45)cc23)cn1. The third-order valence-corrected chi connectivity index (χ3v) is 6.15. The van der Waals surface area contributed by atoms with E-state index in [-0.39, 0.29) is 0 Å². The number of rotatable bonds is 7. The van der Waals surface area contributed by atoms with Crippen molar-refractivity contribution >= 4 is 21.8 Å². The summed E-state index contributed by atoms with van der Waals surface area (Å²) in [5.41, 5.74) is 7.40. The van der Waals surface area contributed by atoms with Gasteiger partial charge in [-0.25, -0.2) is 4.98 Å². The Hall–Kier alpha value is -4.50. The third-order valence-electron chi connectivity index (χ3n) is 6.15. The minimum atomic E-state index is 0.595. The van der Waals surface area contributed by atoms with Crippen LogP contribution in [0.25, 0.3) is 50.1 Å². The van der Waals surface area contributed by atoms with Gasteiger partial charge in [-0.2, -0.15) is 5.10 Å². The molecule has 6 aromatic rings. The Labute approximate surface area is 207 Å². The average Bonchev–Trinajstić information content (AvgIpc) is 3.61. The molecule has 9 nitrogen and oxygen atoms in total. The molecular weight excluding hydrogens is 452 g/mol. The highest BCUT2D eigenvalue weighted by atomic mass is 16.5. The van der Waals surface area contributed by atoms with Crippen LogP contribution in [0.5, 0.6) is 5.75 Å². The van der Waals surface area contributed by atoms with E-state index in [1.54, 1.807) is 12.4 Å². The second kappa shape index (κ2) is 8.94. The van der Waals surface area contributed by atoms with E-state index in [1.165, 1.54) is 0 Å². The molecule has 0 fully saturated rings. The summed E-state index contributed by atoms with van der Waals surface area (Å²) >= 11 is 0. The highest BCUT2D eigenvalue weighted by Gasteiger charge is 2.15. The number of hydrogen-bond acceptors (Lipinski definition) is 6. The molecule has 2 N–H and O–H groups in total. The summed E-state index contributed by atoms with van der Waals surface area (Å²) in [4.78, 5) is 19.0. The van der Waals surface area contributed by atoms with Crippen molar-refractivity contribution in [1.82, 2.24) is 39.6 Å². The first kappa shape index (κ1) is 22.0. The fourth-order valence-electron chi connectivity index (χ4n) is 4.31. The number of likely N-dealkylation sites (N-methyl/N-ethyl adjacent to an activating group) is 1. The van der Waals surface area contributed by atoms with Crippen LogP contribution in [0.15, 0.2) is 67.5 Å². The van der Waals surface area contributed by atoms with Gasteiger partial charge in [0.1, 0.15) is 18.1 Å². The molecule has 180 valence electrons. The third kappa shape index (κ3) is 4.09. The van der Waals surface area contributed by atoms with Crippen LogP contribution in [-0.2, 0) is 0 Å². The van der Waals surface area contributed by atoms with E-state index in [0.717, 1.165) is 68.1 Å². The number of aryl methyl sites for hydroxylation is 1. The molecule has 0 radical (unpaired) electrons. The van der Waals surface area contributed by atoms with Gasteiger partial charge in [0.25, 0.3) is 0 Å². The largest absolute Gasteiger partial charge is 0.491 e. The van der Waals surface area contributed by atoms with Crippen molar-refractivity contribution in [1.29, 1.82) is 0 Å². The van der Waals surface area contributed by atoms with Gasteiger partial charge in [-0.05, 0) is 51.4 Å². The zero-order chi connectivity index (χ0) is 24.6. The number of nitrogens with one attached hydrogen (secondary N) is 2. The van der Waals surface area contributed by atoms with E-state index < -0.39 is 0 Å². The van der Waals surface area contributed by atoms with Crippen LogP contribution in [0.3, 0.4) is 0 Å². The summed E-state index contributed by atoms with van der Waals surface area (Å²) in [5, 5.41) is 9.81. The lowest BCUT2D eigenvalue weighted by molar-refractivity contribution is 0.261. The molecule has 0 aliphatic heterocycles. The predicted octanol–water partition coefficient (Wildman–Crippen LogP) is 4.60. The maximum Gasteiger partial charge on any atom is 0.138 e. The van der Waals surface area contributed by atoms with Gasteiger partial charge in [-0.3, -0.25) is 15.1 Å². The molecule has 0 atom stereocenters. The number of nitrogens with zero attached hydrogens (tertiary/aromatic N) is 6. The van der Waals surface area contributed by atoms with Gasteiger partial charge in [-0.1, -0.05) is 6.07 Å². The summed E-state index contributed by atoms with van der Waals surface area (Å²) in [5.74, 6) is 0.724. The molecule has 5 aromatic heterocycles. The molecular formula is C27H26N8O. The van der Waals surface area contributed by atoms with E-state index in [0.29, 0.717) is 6.61 Å². The molecule has 0 aliphatic carbocycles. The highest BCUT2D eigenvalue weighted by molar-refractivity contribution is 5.98. The minimum Gasteiger partial charge on any atom is -0.491 e. The van der Waals surface area contributed by atoms with Crippen molar-refractivity contribution in [3.8, 4) is 34.1 Å². The van der Waals surface area contributed by atoms with Gasteiger partial charge >= 0.3 is 0 Å². The van der Waals surface area contributed by atoms with E-state index in [1.807, 2.05) is 62.5 Å². The number of pyridine rings is 2. The zero-order valence-corrected chi connectivity index (χ0v) is 20.4.